The minimum atomic E-state index is -0.712. The summed E-state index contributed by atoms with van der Waals surface area (Å²) in [5.74, 6) is 0. The van der Waals surface area contributed by atoms with Crippen LogP contribution in [0.2, 0.25) is 0 Å². The Balaban J connectivity index is 2.15. The summed E-state index contributed by atoms with van der Waals surface area (Å²) < 4.78 is 1.84. The molecule has 1 atom stereocenters. The highest BCUT2D eigenvalue weighted by molar-refractivity contribution is 9.11. The second-order valence-electron chi connectivity index (χ2n) is 4.52. The summed E-state index contributed by atoms with van der Waals surface area (Å²) >= 11 is 6.92. The second kappa shape index (κ2) is 5.64. The van der Waals surface area contributed by atoms with Gasteiger partial charge in [0.2, 0.25) is 0 Å². The van der Waals surface area contributed by atoms with E-state index in [1.54, 1.807) is 6.20 Å². The van der Waals surface area contributed by atoms with Gasteiger partial charge in [0.1, 0.15) is 6.10 Å². The van der Waals surface area contributed by atoms with Crippen LogP contribution in [0, 0.1) is 0 Å². The lowest BCUT2D eigenvalue weighted by atomic mass is 9.98. The van der Waals surface area contributed by atoms with Crippen LogP contribution in [0.15, 0.2) is 63.8 Å². The van der Waals surface area contributed by atoms with Gasteiger partial charge in [-0.1, -0.05) is 62.2 Å². The number of fused-ring (bicyclic) bond motifs is 1. The molecule has 0 fully saturated rings. The van der Waals surface area contributed by atoms with Crippen LogP contribution in [-0.2, 0) is 0 Å². The van der Waals surface area contributed by atoms with Gasteiger partial charge in [-0.2, -0.15) is 0 Å². The zero-order valence-electron chi connectivity index (χ0n) is 10.4. The van der Waals surface area contributed by atoms with Crippen LogP contribution in [0.4, 0.5) is 0 Å². The molecule has 3 aromatic rings. The lowest BCUT2D eigenvalue weighted by Crippen LogP contribution is -2.02. The Morgan fingerprint density at radius 1 is 0.950 bits per heavy atom. The summed E-state index contributed by atoms with van der Waals surface area (Å²) in [6, 6.07) is 13.7. The van der Waals surface area contributed by atoms with Crippen LogP contribution in [0.1, 0.15) is 17.2 Å². The van der Waals surface area contributed by atoms with Gasteiger partial charge in [0.25, 0.3) is 0 Å². The van der Waals surface area contributed by atoms with Gasteiger partial charge in [-0.25, -0.2) is 0 Å². The van der Waals surface area contributed by atoms with E-state index in [1.807, 2.05) is 48.7 Å². The van der Waals surface area contributed by atoms with Crippen molar-refractivity contribution < 1.29 is 5.11 Å². The molecule has 0 saturated heterocycles. The van der Waals surface area contributed by atoms with Gasteiger partial charge in [0.05, 0.1) is 0 Å². The minimum absolute atomic E-state index is 0.712. The maximum absolute atomic E-state index is 10.7. The molecule has 100 valence electrons. The minimum Gasteiger partial charge on any atom is -0.384 e. The number of halogens is 2. The molecular formula is C16H11Br2NO. The van der Waals surface area contributed by atoms with Crippen LogP contribution >= 0.6 is 31.9 Å². The van der Waals surface area contributed by atoms with E-state index in [0.717, 1.165) is 30.8 Å². The first-order valence-corrected chi connectivity index (χ1v) is 7.71. The molecule has 1 unspecified atom stereocenters. The second-order valence-corrected chi connectivity index (χ2v) is 6.29. The zero-order chi connectivity index (χ0) is 14.1. The average Bonchev–Trinajstić information content (AvgIpc) is 2.46. The predicted octanol–water partition coefficient (Wildman–Crippen LogP) is 4.84. The molecule has 0 radical (unpaired) electrons. The van der Waals surface area contributed by atoms with Crippen LogP contribution < -0.4 is 0 Å². The Labute approximate surface area is 133 Å². The monoisotopic (exact) mass is 391 g/mol. The highest BCUT2D eigenvalue weighted by atomic mass is 79.9. The first kappa shape index (κ1) is 13.7. The van der Waals surface area contributed by atoms with Crippen LogP contribution in [-0.4, -0.2) is 10.1 Å². The largest absolute Gasteiger partial charge is 0.384 e. The van der Waals surface area contributed by atoms with Crippen molar-refractivity contribution in [3.05, 3.63) is 74.9 Å². The number of hydrogen-bond acceptors (Lipinski definition) is 2. The summed E-state index contributed by atoms with van der Waals surface area (Å²) in [6.07, 6.45) is 2.82. The number of aromatic nitrogens is 1. The zero-order valence-corrected chi connectivity index (χ0v) is 13.6. The Hall–Kier alpha value is -1.23. The van der Waals surface area contributed by atoms with E-state index in [-0.39, 0.29) is 0 Å². The third-order valence-corrected chi connectivity index (χ3v) is 4.43. The van der Waals surface area contributed by atoms with E-state index < -0.39 is 6.10 Å². The third-order valence-electron chi connectivity index (χ3n) is 3.25. The van der Waals surface area contributed by atoms with E-state index >= 15 is 0 Å². The van der Waals surface area contributed by atoms with Gasteiger partial charge in [-0.05, 0) is 23.1 Å². The van der Waals surface area contributed by atoms with Crippen LogP contribution in [0.3, 0.4) is 0 Å². The summed E-state index contributed by atoms with van der Waals surface area (Å²) in [7, 11) is 0. The molecule has 4 heteroatoms. The Kier molecular flexibility index (Phi) is 3.87. The number of aliphatic hydroxyl groups excluding tert-OH is 1. The number of pyridine rings is 1. The molecule has 0 amide bonds. The van der Waals surface area contributed by atoms with Crippen molar-refractivity contribution in [3.8, 4) is 0 Å². The average molecular weight is 393 g/mol. The van der Waals surface area contributed by atoms with Gasteiger partial charge >= 0.3 is 0 Å². The maximum atomic E-state index is 10.7. The van der Waals surface area contributed by atoms with Gasteiger partial charge in [0.15, 0.2) is 0 Å². The van der Waals surface area contributed by atoms with Crippen molar-refractivity contribution in [2.45, 2.75) is 6.10 Å². The maximum Gasteiger partial charge on any atom is 0.107 e. The van der Waals surface area contributed by atoms with Crippen molar-refractivity contribution in [1.82, 2.24) is 4.98 Å². The number of aliphatic hydroxyl groups is 1. The third kappa shape index (κ3) is 2.51. The molecule has 1 heterocycles. The Bertz CT molecular complexity index is 768. The van der Waals surface area contributed by atoms with Gasteiger partial charge in [-0.15, -0.1) is 0 Å². The van der Waals surface area contributed by atoms with Gasteiger partial charge in [0, 0.05) is 32.3 Å². The Morgan fingerprint density at radius 3 is 2.55 bits per heavy atom. The van der Waals surface area contributed by atoms with E-state index in [0.29, 0.717) is 0 Å². The normalized spacial score (nSPS) is 12.6. The van der Waals surface area contributed by atoms with Crippen molar-refractivity contribution in [1.29, 1.82) is 0 Å². The van der Waals surface area contributed by atoms with Crippen molar-refractivity contribution in [3.63, 3.8) is 0 Å². The molecule has 0 bridgehead atoms. The smallest absolute Gasteiger partial charge is 0.107 e. The van der Waals surface area contributed by atoms with E-state index in [4.69, 9.17) is 0 Å². The number of nitrogens with zero attached hydrogens (tertiary/aromatic N) is 1. The molecule has 0 saturated carbocycles. The van der Waals surface area contributed by atoms with Crippen LogP contribution in [0.5, 0.6) is 0 Å². The highest BCUT2D eigenvalue weighted by Gasteiger charge is 2.16. The quantitative estimate of drug-likeness (QED) is 0.676. The Morgan fingerprint density at radius 2 is 1.75 bits per heavy atom. The summed E-state index contributed by atoms with van der Waals surface area (Å²) in [5.41, 5.74) is 1.64. The van der Waals surface area contributed by atoms with Gasteiger partial charge < -0.3 is 5.11 Å². The molecule has 2 aromatic carbocycles. The lowest BCUT2D eigenvalue weighted by Gasteiger charge is -2.15. The highest BCUT2D eigenvalue weighted by Crippen LogP contribution is 2.33. The van der Waals surface area contributed by atoms with E-state index in [1.165, 1.54) is 0 Å². The van der Waals surface area contributed by atoms with Gasteiger partial charge in [-0.3, -0.25) is 4.98 Å². The van der Waals surface area contributed by atoms with E-state index in [2.05, 4.69) is 36.8 Å². The van der Waals surface area contributed by atoms with Crippen molar-refractivity contribution in [2.24, 2.45) is 0 Å². The van der Waals surface area contributed by atoms with E-state index in [9.17, 15) is 5.11 Å². The lowest BCUT2D eigenvalue weighted by molar-refractivity contribution is 0.220. The topological polar surface area (TPSA) is 33.1 Å². The molecule has 2 nitrogen and oxygen atoms in total. The van der Waals surface area contributed by atoms with Crippen molar-refractivity contribution >= 4 is 42.6 Å². The first-order valence-electron chi connectivity index (χ1n) is 6.12. The summed E-state index contributed by atoms with van der Waals surface area (Å²) in [6.45, 7) is 0. The van der Waals surface area contributed by atoms with Crippen molar-refractivity contribution in [2.75, 3.05) is 0 Å². The molecule has 1 N–H and O–H groups in total. The summed E-state index contributed by atoms with van der Waals surface area (Å²) in [4.78, 5) is 4.22. The standard InChI is InChI=1S/C16H11Br2NO/c17-11-5-6-13(15(18)7-11)16(20)14-9-19-8-10-3-1-2-4-12(10)14/h1-9,16,20H. The molecular weight excluding hydrogens is 382 g/mol. The fraction of sp³-hybridized carbons (Fsp3) is 0.0625. The molecule has 1 aromatic heterocycles. The first-order chi connectivity index (χ1) is 9.66. The fourth-order valence-corrected chi connectivity index (χ4v) is 3.51. The molecule has 0 spiro atoms. The number of benzene rings is 2. The predicted molar refractivity (Wildman–Crippen MR) is 87.6 cm³/mol. The molecule has 3 rings (SSSR count). The van der Waals surface area contributed by atoms with Crippen LogP contribution in [0.25, 0.3) is 10.8 Å². The number of rotatable bonds is 2. The molecule has 0 aliphatic heterocycles. The molecule has 20 heavy (non-hydrogen) atoms. The SMILES string of the molecule is OC(c1ccc(Br)cc1Br)c1cncc2ccccc12. The summed E-state index contributed by atoms with van der Waals surface area (Å²) in [5, 5.41) is 12.7. The fourth-order valence-electron chi connectivity index (χ4n) is 2.25. The number of hydrogen-bond donors (Lipinski definition) is 1. The molecule has 0 aliphatic rings. The molecule has 0 aliphatic carbocycles.